The minimum atomic E-state index is -3.29. The van der Waals surface area contributed by atoms with Crippen LogP contribution < -0.4 is 5.32 Å². The van der Waals surface area contributed by atoms with Crippen molar-refractivity contribution in [2.45, 2.75) is 12.0 Å². The number of hydrogen-bond acceptors (Lipinski definition) is 2. The predicted molar refractivity (Wildman–Crippen MR) is 56.3 cm³/mol. The minimum Gasteiger partial charge on any atom is -0.443 e. The summed E-state index contributed by atoms with van der Waals surface area (Å²) in [5.41, 5.74) is -0.0216. The van der Waals surface area contributed by atoms with Gasteiger partial charge in [-0.1, -0.05) is 15.9 Å². The number of alkyl halides is 2. The van der Waals surface area contributed by atoms with E-state index in [2.05, 4.69) is 20.7 Å². The summed E-state index contributed by atoms with van der Waals surface area (Å²) in [4.78, 5) is 11.0. The highest BCUT2D eigenvalue weighted by Gasteiger charge is 2.47. The lowest BCUT2D eigenvalue weighted by Crippen LogP contribution is -2.49. The first kappa shape index (κ1) is 12.2. The van der Waals surface area contributed by atoms with Crippen LogP contribution >= 0.6 is 15.9 Å². The maximum absolute atomic E-state index is 13.6. The SMILES string of the molecule is O=C1N[C@@H](c2cc(F)ccc2Br)C(F)(F)CO1. The molecule has 1 fully saturated rings. The van der Waals surface area contributed by atoms with Crippen LogP contribution in [0.2, 0.25) is 0 Å². The molecule has 0 bridgehead atoms. The number of cyclic esters (lactones) is 1. The quantitative estimate of drug-likeness (QED) is 0.866. The van der Waals surface area contributed by atoms with Crippen molar-refractivity contribution >= 4 is 22.0 Å². The Balaban J connectivity index is 2.42. The Hall–Kier alpha value is -1.24. The summed E-state index contributed by atoms with van der Waals surface area (Å²) in [5, 5.41) is 1.98. The highest BCUT2D eigenvalue weighted by Crippen LogP contribution is 2.37. The fourth-order valence-corrected chi connectivity index (χ4v) is 2.03. The fraction of sp³-hybridized carbons (Fsp3) is 0.300. The van der Waals surface area contributed by atoms with E-state index in [1.54, 1.807) is 0 Å². The third-order valence-corrected chi connectivity index (χ3v) is 3.07. The van der Waals surface area contributed by atoms with Gasteiger partial charge in [0.2, 0.25) is 0 Å². The smallest absolute Gasteiger partial charge is 0.408 e. The first-order valence-electron chi connectivity index (χ1n) is 4.66. The van der Waals surface area contributed by atoms with Gasteiger partial charge in [0.05, 0.1) is 0 Å². The van der Waals surface area contributed by atoms with Crippen molar-refractivity contribution in [1.29, 1.82) is 0 Å². The molecule has 1 aromatic rings. The Labute approximate surface area is 103 Å². The van der Waals surface area contributed by atoms with Crippen LogP contribution in [0.4, 0.5) is 18.0 Å². The summed E-state index contributed by atoms with van der Waals surface area (Å²) in [5.74, 6) is -3.94. The second kappa shape index (κ2) is 4.21. The van der Waals surface area contributed by atoms with Crippen LogP contribution in [0.15, 0.2) is 22.7 Å². The monoisotopic (exact) mass is 309 g/mol. The Kier molecular flexibility index (Phi) is 3.03. The predicted octanol–water partition coefficient (Wildman–Crippen LogP) is 3.00. The molecule has 92 valence electrons. The van der Waals surface area contributed by atoms with Crippen LogP contribution in [0.5, 0.6) is 0 Å². The van der Waals surface area contributed by atoms with Gasteiger partial charge in [-0.2, -0.15) is 0 Å². The molecule has 1 N–H and O–H groups in total. The van der Waals surface area contributed by atoms with E-state index in [4.69, 9.17) is 0 Å². The first-order chi connectivity index (χ1) is 7.90. The molecule has 0 saturated carbocycles. The van der Waals surface area contributed by atoms with Crippen LogP contribution in [-0.2, 0) is 4.74 Å². The third-order valence-electron chi connectivity index (χ3n) is 2.35. The Morgan fingerprint density at radius 1 is 1.47 bits per heavy atom. The molecule has 1 atom stereocenters. The number of benzene rings is 1. The van der Waals surface area contributed by atoms with Crippen LogP contribution in [0.25, 0.3) is 0 Å². The number of ether oxygens (including phenoxy) is 1. The van der Waals surface area contributed by atoms with Crippen molar-refractivity contribution in [2.24, 2.45) is 0 Å². The molecule has 0 unspecified atom stereocenters. The largest absolute Gasteiger partial charge is 0.443 e. The fourth-order valence-electron chi connectivity index (χ4n) is 1.55. The van der Waals surface area contributed by atoms with Gasteiger partial charge in [-0.25, -0.2) is 18.0 Å². The van der Waals surface area contributed by atoms with E-state index >= 15 is 0 Å². The molecule has 1 aliphatic heterocycles. The van der Waals surface area contributed by atoms with E-state index < -0.39 is 30.5 Å². The number of halogens is 4. The van der Waals surface area contributed by atoms with E-state index in [0.717, 1.165) is 12.1 Å². The minimum absolute atomic E-state index is 0.0216. The molecule has 7 heteroatoms. The van der Waals surface area contributed by atoms with Crippen molar-refractivity contribution in [3.63, 3.8) is 0 Å². The normalized spacial score (nSPS) is 22.8. The summed E-state index contributed by atoms with van der Waals surface area (Å²) in [6.45, 7) is -1.02. The van der Waals surface area contributed by atoms with Gasteiger partial charge < -0.3 is 10.1 Å². The van der Waals surface area contributed by atoms with Crippen LogP contribution in [0.1, 0.15) is 11.6 Å². The third kappa shape index (κ3) is 2.38. The summed E-state index contributed by atoms with van der Waals surface area (Å²) < 4.78 is 44.7. The van der Waals surface area contributed by atoms with Crippen molar-refractivity contribution < 1.29 is 22.7 Å². The number of rotatable bonds is 1. The van der Waals surface area contributed by atoms with Crippen LogP contribution in [0, 0.1) is 5.82 Å². The van der Waals surface area contributed by atoms with E-state index in [-0.39, 0.29) is 5.56 Å². The zero-order valence-electron chi connectivity index (χ0n) is 8.34. The first-order valence-corrected chi connectivity index (χ1v) is 5.45. The second-order valence-corrected chi connectivity index (χ2v) is 4.43. The topological polar surface area (TPSA) is 38.3 Å². The van der Waals surface area contributed by atoms with Gasteiger partial charge in [-0.05, 0) is 23.8 Å². The van der Waals surface area contributed by atoms with E-state index in [0.29, 0.717) is 4.47 Å². The molecule has 0 aromatic heterocycles. The Bertz CT molecular complexity index is 467. The molecule has 2 rings (SSSR count). The molecule has 1 aliphatic rings. The van der Waals surface area contributed by atoms with Gasteiger partial charge in [0.25, 0.3) is 0 Å². The molecular weight excluding hydrogens is 303 g/mol. The van der Waals surface area contributed by atoms with E-state index in [9.17, 15) is 18.0 Å². The lowest BCUT2D eigenvalue weighted by molar-refractivity contribution is -0.104. The number of carbonyl (C=O) groups is 1. The van der Waals surface area contributed by atoms with Gasteiger partial charge in [-0.15, -0.1) is 0 Å². The van der Waals surface area contributed by atoms with Gasteiger partial charge in [0, 0.05) is 4.47 Å². The highest BCUT2D eigenvalue weighted by molar-refractivity contribution is 9.10. The molecule has 1 aromatic carbocycles. The summed E-state index contributed by atoms with van der Waals surface area (Å²) in [7, 11) is 0. The Morgan fingerprint density at radius 2 is 2.18 bits per heavy atom. The maximum Gasteiger partial charge on any atom is 0.408 e. The van der Waals surface area contributed by atoms with Crippen molar-refractivity contribution in [1.82, 2.24) is 5.32 Å². The average molecular weight is 310 g/mol. The molecule has 0 aliphatic carbocycles. The summed E-state index contributed by atoms with van der Waals surface area (Å²) >= 11 is 3.05. The lowest BCUT2D eigenvalue weighted by Gasteiger charge is -2.32. The number of amides is 1. The zero-order chi connectivity index (χ0) is 12.6. The van der Waals surface area contributed by atoms with Crippen molar-refractivity contribution in [2.75, 3.05) is 6.61 Å². The molecule has 0 radical (unpaired) electrons. The number of alkyl carbamates (subject to hydrolysis) is 1. The average Bonchev–Trinajstić information content (AvgIpc) is 2.26. The van der Waals surface area contributed by atoms with Crippen molar-refractivity contribution in [3.8, 4) is 0 Å². The van der Waals surface area contributed by atoms with Gasteiger partial charge in [0.1, 0.15) is 11.9 Å². The molecule has 1 saturated heterocycles. The molecule has 0 spiro atoms. The summed E-state index contributed by atoms with van der Waals surface area (Å²) in [6, 6.07) is 1.79. The molecule has 1 heterocycles. The van der Waals surface area contributed by atoms with Gasteiger partial charge >= 0.3 is 12.0 Å². The molecular formula is C10H7BrF3NO2. The van der Waals surface area contributed by atoms with Gasteiger partial charge in [0.15, 0.2) is 6.61 Å². The van der Waals surface area contributed by atoms with E-state index in [1.807, 2.05) is 5.32 Å². The summed E-state index contributed by atoms with van der Waals surface area (Å²) in [6.07, 6.45) is -0.947. The second-order valence-electron chi connectivity index (χ2n) is 3.58. The maximum atomic E-state index is 13.6. The highest BCUT2D eigenvalue weighted by atomic mass is 79.9. The number of carbonyl (C=O) groups excluding carboxylic acids is 1. The molecule has 3 nitrogen and oxygen atoms in total. The van der Waals surface area contributed by atoms with Gasteiger partial charge in [-0.3, -0.25) is 0 Å². The number of hydrogen-bond donors (Lipinski definition) is 1. The molecule has 17 heavy (non-hydrogen) atoms. The van der Waals surface area contributed by atoms with Crippen LogP contribution in [-0.4, -0.2) is 18.6 Å². The zero-order valence-corrected chi connectivity index (χ0v) is 9.93. The lowest BCUT2D eigenvalue weighted by atomic mass is 10.00. The Morgan fingerprint density at radius 3 is 2.88 bits per heavy atom. The molecule has 1 amide bonds. The standard InChI is InChI=1S/C10H7BrF3NO2/c11-7-2-1-5(12)3-6(7)8-10(13,14)4-17-9(16)15-8/h1-3,8H,4H2,(H,15,16)/t8-/m0/s1. The van der Waals surface area contributed by atoms with Crippen LogP contribution in [0.3, 0.4) is 0 Å². The van der Waals surface area contributed by atoms with E-state index in [1.165, 1.54) is 6.07 Å². The van der Waals surface area contributed by atoms with Crippen molar-refractivity contribution in [3.05, 3.63) is 34.1 Å². The number of nitrogens with one attached hydrogen (secondary N) is 1.